The predicted octanol–water partition coefficient (Wildman–Crippen LogP) is 3.78. The number of sulfonamides is 1. The second kappa shape index (κ2) is 7.80. The standard InChI is InChI=1S/C20H22Cl2N4O2S/c1-14-23-19-6-4-17(24-7-9-25(10-8-24)29(2,27)28)12-20(19)26(14)13-15-11-16(21)3-5-18(15)22/h3-6,11-12H,7-10,13H2,1-2H3. The lowest BCUT2D eigenvalue weighted by atomic mass is 10.2. The Morgan fingerprint density at radius 2 is 1.76 bits per heavy atom. The molecule has 3 aromatic rings. The number of aromatic nitrogens is 2. The minimum Gasteiger partial charge on any atom is -0.369 e. The highest BCUT2D eigenvalue weighted by Crippen LogP contribution is 2.27. The molecule has 0 spiro atoms. The zero-order valence-corrected chi connectivity index (χ0v) is 18.6. The summed E-state index contributed by atoms with van der Waals surface area (Å²) in [5.41, 5.74) is 3.93. The molecule has 1 fully saturated rings. The van der Waals surface area contributed by atoms with Gasteiger partial charge in [-0.05, 0) is 48.9 Å². The highest BCUT2D eigenvalue weighted by atomic mass is 35.5. The molecule has 0 saturated carbocycles. The van der Waals surface area contributed by atoms with E-state index in [1.807, 2.05) is 25.1 Å². The maximum Gasteiger partial charge on any atom is 0.211 e. The van der Waals surface area contributed by atoms with Crippen LogP contribution >= 0.6 is 23.2 Å². The molecule has 1 saturated heterocycles. The third kappa shape index (κ3) is 4.23. The smallest absolute Gasteiger partial charge is 0.211 e. The molecule has 154 valence electrons. The van der Waals surface area contributed by atoms with Crippen LogP contribution in [0.1, 0.15) is 11.4 Å². The maximum absolute atomic E-state index is 11.8. The molecule has 1 aromatic heterocycles. The van der Waals surface area contributed by atoms with Crippen LogP contribution in [-0.2, 0) is 16.6 Å². The number of fused-ring (bicyclic) bond motifs is 1. The first-order valence-electron chi connectivity index (χ1n) is 9.33. The van der Waals surface area contributed by atoms with E-state index in [0.717, 1.165) is 28.1 Å². The van der Waals surface area contributed by atoms with Crippen molar-refractivity contribution >= 4 is 49.9 Å². The van der Waals surface area contributed by atoms with Crippen molar-refractivity contribution in [1.29, 1.82) is 0 Å². The lowest BCUT2D eigenvalue weighted by Gasteiger charge is -2.34. The number of benzene rings is 2. The number of piperazine rings is 1. The van der Waals surface area contributed by atoms with Crippen LogP contribution in [0.3, 0.4) is 0 Å². The van der Waals surface area contributed by atoms with E-state index >= 15 is 0 Å². The molecule has 0 atom stereocenters. The first-order chi connectivity index (χ1) is 13.7. The van der Waals surface area contributed by atoms with Gasteiger partial charge >= 0.3 is 0 Å². The van der Waals surface area contributed by atoms with Gasteiger partial charge in [0.2, 0.25) is 10.0 Å². The van der Waals surface area contributed by atoms with E-state index in [4.69, 9.17) is 23.2 Å². The Balaban J connectivity index is 1.64. The van der Waals surface area contributed by atoms with Crippen molar-refractivity contribution in [2.45, 2.75) is 13.5 Å². The number of aryl methyl sites for hydroxylation is 1. The van der Waals surface area contributed by atoms with E-state index in [0.29, 0.717) is 42.8 Å². The van der Waals surface area contributed by atoms with Gasteiger partial charge in [-0.15, -0.1) is 0 Å². The van der Waals surface area contributed by atoms with E-state index in [1.165, 1.54) is 10.6 Å². The van der Waals surface area contributed by atoms with Crippen molar-refractivity contribution in [1.82, 2.24) is 13.9 Å². The van der Waals surface area contributed by atoms with Gasteiger partial charge in [0.1, 0.15) is 5.82 Å². The molecular formula is C20H22Cl2N4O2S. The SMILES string of the molecule is Cc1nc2ccc(N3CCN(S(C)(=O)=O)CC3)cc2n1Cc1cc(Cl)ccc1Cl. The topological polar surface area (TPSA) is 58.4 Å². The number of halogens is 2. The molecule has 0 radical (unpaired) electrons. The third-order valence-electron chi connectivity index (χ3n) is 5.33. The normalized spacial score (nSPS) is 15.9. The molecule has 4 rings (SSSR count). The van der Waals surface area contributed by atoms with Crippen LogP contribution in [0, 0.1) is 6.92 Å². The van der Waals surface area contributed by atoms with Crippen LogP contribution in [0.15, 0.2) is 36.4 Å². The molecule has 29 heavy (non-hydrogen) atoms. The first-order valence-corrected chi connectivity index (χ1v) is 11.9. The van der Waals surface area contributed by atoms with Crippen molar-refractivity contribution in [3.63, 3.8) is 0 Å². The number of nitrogens with zero attached hydrogens (tertiary/aromatic N) is 4. The van der Waals surface area contributed by atoms with Crippen LogP contribution < -0.4 is 4.90 Å². The molecule has 1 aliphatic heterocycles. The van der Waals surface area contributed by atoms with Crippen molar-refractivity contribution in [3.8, 4) is 0 Å². The van der Waals surface area contributed by atoms with Gasteiger partial charge in [0.15, 0.2) is 0 Å². The molecule has 0 amide bonds. The summed E-state index contributed by atoms with van der Waals surface area (Å²) in [5, 5.41) is 1.32. The van der Waals surface area contributed by atoms with Gasteiger partial charge < -0.3 is 9.47 Å². The van der Waals surface area contributed by atoms with E-state index in [9.17, 15) is 8.42 Å². The van der Waals surface area contributed by atoms with Crippen molar-refractivity contribution in [2.75, 3.05) is 37.3 Å². The van der Waals surface area contributed by atoms with E-state index in [2.05, 4.69) is 20.5 Å². The number of hydrogen-bond acceptors (Lipinski definition) is 4. The lowest BCUT2D eigenvalue weighted by molar-refractivity contribution is 0.388. The highest BCUT2D eigenvalue weighted by Gasteiger charge is 2.24. The average molecular weight is 453 g/mol. The summed E-state index contributed by atoms with van der Waals surface area (Å²) in [6, 6.07) is 11.6. The van der Waals surface area contributed by atoms with Crippen LogP contribution in [0.4, 0.5) is 5.69 Å². The second-order valence-electron chi connectivity index (χ2n) is 7.30. The van der Waals surface area contributed by atoms with Crippen LogP contribution in [-0.4, -0.2) is 54.7 Å². The molecule has 0 aliphatic carbocycles. The molecule has 0 unspecified atom stereocenters. The van der Waals surface area contributed by atoms with Gasteiger partial charge in [0.05, 0.1) is 23.8 Å². The van der Waals surface area contributed by atoms with Gasteiger partial charge in [0.25, 0.3) is 0 Å². The highest BCUT2D eigenvalue weighted by molar-refractivity contribution is 7.88. The Labute approximate surface area is 180 Å². The minimum absolute atomic E-state index is 0.493. The third-order valence-corrected chi connectivity index (χ3v) is 7.24. The molecule has 6 nitrogen and oxygen atoms in total. The largest absolute Gasteiger partial charge is 0.369 e. The van der Waals surface area contributed by atoms with E-state index in [1.54, 1.807) is 12.1 Å². The van der Waals surface area contributed by atoms with Gasteiger partial charge in [-0.3, -0.25) is 0 Å². The van der Waals surface area contributed by atoms with Gasteiger partial charge in [-0.25, -0.2) is 13.4 Å². The average Bonchev–Trinajstić information content (AvgIpc) is 2.99. The molecule has 0 bridgehead atoms. The first kappa shape index (κ1) is 20.5. The van der Waals surface area contributed by atoms with Crippen molar-refractivity contribution in [3.05, 3.63) is 57.8 Å². The van der Waals surface area contributed by atoms with Crippen LogP contribution in [0.2, 0.25) is 10.0 Å². The number of rotatable bonds is 4. The zero-order valence-electron chi connectivity index (χ0n) is 16.3. The summed E-state index contributed by atoms with van der Waals surface area (Å²) in [7, 11) is -3.14. The molecular weight excluding hydrogens is 431 g/mol. The van der Waals surface area contributed by atoms with Crippen LogP contribution in [0.5, 0.6) is 0 Å². The summed E-state index contributed by atoms with van der Waals surface area (Å²) >= 11 is 12.5. The van der Waals surface area contributed by atoms with Crippen molar-refractivity contribution in [2.24, 2.45) is 0 Å². The number of imidazole rings is 1. The van der Waals surface area contributed by atoms with Crippen LogP contribution in [0.25, 0.3) is 11.0 Å². The summed E-state index contributed by atoms with van der Waals surface area (Å²) in [4.78, 5) is 6.88. The maximum atomic E-state index is 11.8. The Morgan fingerprint density at radius 1 is 1.03 bits per heavy atom. The Hall–Kier alpha value is -1.80. The fraction of sp³-hybridized carbons (Fsp3) is 0.350. The second-order valence-corrected chi connectivity index (χ2v) is 10.1. The molecule has 1 aliphatic rings. The summed E-state index contributed by atoms with van der Waals surface area (Å²) in [6.45, 7) is 4.86. The number of hydrogen-bond donors (Lipinski definition) is 0. The molecule has 9 heteroatoms. The number of anilines is 1. The Bertz CT molecular complexity index is 1170. The Morgan fingerprint density at radius 3 is 2.45 bits per heavy atom. The van der Waals surface area contributed by atoms with E-state index in [-0.39, 0.29) is 0 Å². The fourth-order valence-electron chi connectivity index (χ4n) is 3.74. The van der Waals surface area contributed by atoms with Crippen molar-refractivity contribution < 1.29 is 8.42 Å². The quantitative estimate of drug-likeness (QED) is 0.604. The lowest BCUT2D eigenvalue weighted by Crippen LogP contribution is -2.48. The predicted molar refractivity (Wildman–Crippen MR) is 119 cm³/mol. The molecule has 0 N–H and O–H groups in total. The molecule has 2 heterocycles. The Kier molecular flexibility index (Phi) is 5.50. The van der Waals surface area contributed by atoms with Gasteiger partial charge in [-0.1, -0.05) is 23.2 Å². The summed E-state index contributed by atoms with van der Waals surface area (Å²) in [5.74, 6) is 0.898. The summed E-state index contributed by atoms with van der Waals surface area (Å²) in [6.07, 6.45) is 1.26. The van der Waals surface area contributed by atoms with Gasteiger partial charge in [-0.2, -0.15) is 4.31 Å². The monoisotopic (exact) mass is 452 g/mol. The zero-order chi connectivity index (χ0) is 20.8. The summed E-state index contributed by atoms with van der Waals surface area (Å²) < 4.78 is 27.2. The van der Waals surface area contributed by atoms with E-state index < -0.39 is 10.0 Å². The van der Waals surface area contributed by atoms with Gasteiger partial charge in [0, 0.05) is 41.9 Å². The molecule has 2 aromatic carbocycles. The fourth-order valence-corrected chi connectivity index (χ4v) is 4.94. The minimum atomic E-state index is -3.14.